The Bertz CT molecular complexity index is 949. The average molecular weight is 348 g/mol. The van der Waals surface area contributed by atoms with Crippen molar-refractivity contribution < 1.29 is 28.2 Å². The first kappa shape index (κ1) is 16.7. The van der Waals surface area contributed by atoms with Crippen LogP contribution in [0.3, 0.4) is 0 Å². The second-order valence-corrected chi connectivity index (χ2v) is 5.34. The van der Waals surface area contributed by atoms with Crippen LogP contribution in [0, 0.1) is 18.6 Å². The number of carboxylic acids is 1. The fraction of sp³-hybridized carbons (Fsp3) is 0.176. The predicted molar refractivity (Wildman–Crippen MR) is 84.1 cm³/mol. The molecule has 0 aliphatic rings. The van der Waals surface area contributed by atoms with E-state index in [9.17, 15) is 18.7 Å². The third-order valence-electron chi connectivity index (χ3n) is 3.62. The molecule has 6 nitrogen and oxygen atoms in total. The Kier molecular flexibility index (Phi) is 4.26. The first-order valence-corrected chi connectivity index (χ1v) is 7.28. The minimum absolute atomic E-state index is 0.0833. The number of hydrogen-bond donors (Lipinski definition) is 1. The van der Waals surface area contributed by atoms with Gasteiger partial charge in [0.25, 0.3) is 0 Å². The molecule has 0 amide bonds. The summed E-state index contributed by atoms with van der Waals surface area (Å²) < 4.78 is 39.3. The number of hydrogen-bond acceptors (Lipinski definition) is 4. The van der Waals surface area contributed by atoms with Crippen molar-refractivity contribution in [3.63, 3.8) is 0 Å². The SMILES string of the molecule is COc1nc2c(OCc3c(F)cccc3F)cc(C)cn2c1C(=O)O. The molecule has 130 valence electrons. The molecule has 3 rings (SSSR count). The van der Waals surface area contributed by atoms with Gasteiger partial charge in [-0.1, -0.05) is 6.07 Å². The molecule has 0 bridgehead atoms. The zero-order chi connectivity index (χ0) is 18.1. The van der Waals surface area contributed by atoms with Crippen molar-refractivity contribution in [1.29, 1.82) is 0 Å². The smallest absolute Gasteiger partial charge is 0.358 e. The number of aryl methyl sites for hydroxylation is 1. The Morgan fingerprint density at radius 1 is 1.32 bits per heavy atom. The highest BCUT2D eigenvalue weighted by Crippen LogP contribution is 2.28. The zero-order valence-corrected chi connectivity index (χ0v) is 13.4. The first-order chi connectivity index (χ1) is 11.9. The number of aromatic carboxylic acids is 1. The van der Waals surface area contributed by atoms with Gasteiger partial charge in [0.15, 0.2) is 17.1 Å². The lowest BCUT2D eigenvalue weighted by Gasteiger charge is -2.10. The second kappa shape index (κ2) is 6.39. The summed E-state index contributed by atoms with van der Waals surface area (Å²) >= 11 is 0. The number of nitrogens with zero attached hydrogens (tertiary/aromatic N) is 2. The number of imidazole rings is 1. The third-order valence-corrected chi connectivity index (χ3v) is 3.62. The number of carboxylic acid groups (broad SMARTS) is 1. The molecule has 2 heterocycles. The van der Waals surface area contributed by atoms with Crippen molar-refractivity contribution in [2.75, 3.05) is 7.11 Å². The number of fused-ring (bicyclic) bond motifs is 1. The third kappa shape index (κ3) is 2.98. The van der Waals surface area contributed by atoms with Gasteiger partial charge in [0.1, 0.15) is 18.2 Å². The number of methoxy groups -OCH3 is 1. The number of carbonyl (C=O) groups is 1. The molecule has 0 unspecified atom stereocenters. The monoisotopic (exact) mass is 348 g/mol. The highest BCUT2D eigenvalue weighted by molar-refractivity contribution is 5.90. The van der Waals surface area contributed by atoms with Gasteiger partial charge in [-0.25, -0.2) is 13.6 Å². The van der Waals surface area contributed by atoms with Crippen LogP contribution >= 0.6 is 0 Å². The molecule has 0 saturated heterocycles. The van der Waals surface area contributed by atoms with E-state index in [0.717, 1.165) is 12.1 Å². The van der Waals surface area contributed by atoms with Gasteiger partial charge in [-0.05, 0) is 30.7 Å². The molecule has 0 fully saturated rings. The van der Waals surface area contributed by atoms with Crippen LogP contribution in [0.4, 0.5) is 8.78 Å². The molecule has 1 N–H and O–H groups in total. The van der Waals surface area contributed by atoms with Crippen LogP contribution < -0.4 is 9.47 Å². The highest BCUT2D eigenvalue weighted by Gasteiger charge is 2.22. The van der Waals surface area contributed by atoms with Crippen molar-refractivity contribution in [3.8, 4) is 11.6 Å². The number of ether oxygens (including phenoxy) is 2. The largest absolute Gasteiger partial charge is 0.485 e. The van der Waals surface area contributed by atoms with E-state index in [4.69, 9.17) is 9.47 Å². The van der Waals surface area contributed by atoms with Gasteiger partial charge < -0.3 is 14.6 Å². The van der Waals surface area contributed by atoms with Crippen molar-refractivity contribution in [3.05, 3.63) is 58.9 Å². The normalized spacial score (nSPS) is 10.9. The van der Waals surface area contributed by atoms with Crippen LogP contribution in [0.2, 0.25) is 0 Å². The van der Waals surface area contributed by atoms with Crippen molar-refractivity contribution in [1.82, 2.24) is 9.38 Å². The summed E-state index contributed by atoms with van der Waals surface area (Å²) in [6.45, 7) is 1.36. The molecular weight excluding hydrogens is 334 g/mol. The van der Waals surface area contributed by atoms with E-state index in [0.29, 0.717) is 5.56 Å². The van der Waals surface area contributed by atoms with Gasteiger partial charge in [0, 0.05) is 6.20 Å². The maximum Gasteiger partial charge on any atom is 0.358 e. The molecule has 25 heavy (non-hydrogen) atoms. The van der Waals surface area contributed by atoms with Crippen LogP contribution in [-0.4, -0.2) is 27.6 Å². The molecule has 0 aliphatic heterocycles. The van der Waals surface area contributed by atoms with Gasteiger partial charge in [-0.2, -0.15) is 4.98 Å². The predicted octanol–water partition coefficient (Wildman–Crippen LogP) is 3.21. The van der Waals surface area contributed by atoms with Gasteiger partial charge in [0.05, 0.1) is 12.7 Å². The second-order valence-electron chi connectivity index (χ2n) is 5.34. The minimum atomic E-state index is -1.22. The van der Waals surface area contributed by atoms with Crippen molar-refractivity contribution in [2.45, 2.75) is 13.5 Å². The van der Waals surface area contributed by atoms with E-state index >= 15 is 0 Å². The summed E-state index contributed by atoms with van der Waals surface area (Å²) in [5, 5.41) is 9.37. The fourth-order valence-corrected chi connectivity index (χ4v) is 2.49. The topological polar surface area (TPSA) is 73.1 Å². The standard InChI is InChI=1S/C17H14F2N2O4/c1-9-6-13(25-8-10-11(18)4-3-5-12(10)19)15-20-16(24-2)14(17(22)23)21(15)7-9/h3-7H,8H2,1-2H3,(H,22,23). The molecule has 0 spiro atoms. The van der Waals surface area contributed by atoms with Gasteiger partial charge in [-0.3, -0.25) is 4.40 Å². The van der Waals surface area contributed by atoms with Gasteiger partial charge >= 0.3 is 5.97 Å². The molecule has 0 atom stereocenters. The van der Waals surface area contributed by atoms with E-state index in [2.05, 4.69) is 4.98 Å². The van der Waals surface area contributed by atoms with Crippen molar-refractivity contribution >= 4 is 11.6 Å². The van der Waals surface area contributed by atoms with Crippen molar-refractivity contribution in [2.24, 2.45) is 0 Å². The number of aromatic nitrogens is 2. The Morgan fingerprint density at radius 3 is 2.60 bits per heavy atom. The maximum absolute atomic E-state index is 13.7. The summed E-state index contributed by atoms with van der Waals surface area (Å²) in [4.78, 5) is 15.6. The highest BCUT2D eigenvalue weighted by atomic mass is 19.1. The summed E-state index contributed by atoms with van der Waals surface area (Å²) in [6, 6.07) is 5.13. The van der Waals surface area contributed by atoms with Gasteiger partial charge in [-0.15, -0.1) is 0 Å². The number of pyridine rings is 1. The molecule has 0 saturated carbocycles. The number of rotatable bonds is 5. The number of halogens is 2. The zero-order valence-electron chi connectivity index (χ0n) is 13.4. The quantitative estimate of drug-likeness (QED) is 0.766. The average Bonchev–Trinajstić information content (AvgIpc) is 2.92. The Hall–Kier alpha value is -3.16. The number of benzene rings is 1. The lowest BCUT2D eigenvalue weighted by Crippen LogP contribution is -2.06. The fourth-order valence-electron chi connectivity index (χ4n) is 2.49. The van der Waals surface area contributed by atoms with Crippen LogP contribution in [0.15, 0.2) is 30.5 Å². The molecule has 2 aromatic heterocycles. The van der Waals surface area contributed by atoms with E-state index in [-0.39, 0.29) is 35.1 Å². The van der Waals surface area contributed by atoms with E-state index in [1.807, 2.05) is 0 Å². The summed E-state index contributed by atoms with van der Waals surface area (Å²) in [5.74, 6) is -2.57. The summed E-state index contributed by atoms with van der Waals surface area (Å²) in [6.07, 6.45) is 1.56. The molecule has 1 aromatic carbocycles. The Balaban J connectivity index is 2.06. The van der Waals surface area contributed by atoms with Crippen LogP contribution in [0.1, 0.15) is 21.6 Å². The molecule has 8 heteroatoms. The summed E-state index contributed by atoms with van der Waals surface area (Å²) in [5.41, 5.74) is 0.470. The first-order valence-electron chi connectivity index (χ1n) is 7.28. The van der Waals surface area contributed by atoms with Gasteiger partial charge in [0.2, 0.25) is 5.88 Å². The summed E-state index contributed by atoms with van der Waals surface area (Å²) in [7, 11) is 1.30. The maximum atomic E-state index is 13.7. The molecular formula is C17H14F2N2O4. The molecule has 0 aliphatic carbocycles. The van der Waals surface area contributed by atoms with E-state index < -0.39 is 17.6 Å². The van der Waals surface area contributed by atoms with Crippen LogP contribution in [0.5, 0.6) is 11.6 Å². The van der Waals surface area contributed by atoms with E-state index in [1.165, 1.54) is 17.6 Å². The lowest BCUT2D eigenvalue weighted by atomic mass is 10.2. The Morgan fingerprint density at radius 2 is 2.00 bits per heavy atom. The Labute approximate surface area is 141 Å². The van der Waals surface area contributed by atoms with E-state index in [1.54, 1.807) is 19.2 Å². The molecule has 0 radical (unpaired) electrons. The molecule has 3 aromatic rings. The minimum Gasteiger partial charge on any atom is -0.485 e. The van der Waals surface area contributed by atoms with Crippen LogP contribution in [0.25, 0.3) is 5.65 Å². The lowest BCUT2D eigenvalue weighted by molar-refractivity contribution is 0.0685. The van der Waals surface area contributed by atoms with Crippen LogP contribution in [-0.2, 0) is 6.61 Å².